The maximum Gasteiger partial charge on any atom is 0.0671 e. The van der Waals surface area contributed by atoms with E-state index in [-0.39, 0.29) is 0 Å². The van der Waals surface area contributed by atoms with Gasteiger partial charge in [-0.2, -0.15) is 10.1 Å². The van der Waals surface area contributed by atoms with E-state index >= 15 is 0 Å². The number of ether oxygens (including phenoxy) is 1. The predicted molar refractivity (Wildman–Crippen MR) is 90.4 cm³/mol. The highest BCUT2D eigenvalue weighted by molar-refractivity contribution is 5.60. The first kappa shape index (κ1) is 18.2. The summed E-state index contributed by atoms with van der Waals surface area (Å²) in [4.78, 5) is 0. The smallest absolute Gasteiger partial charge is 0.0671 e. The van der Waals surface area contributed by atoms with Gasteiger partial charge in [0, 0.05) is 19.4 Å². The van der Waals surface area contributed by atoms with E-state index in [4.69, 9.17) is 4.74 Å². The van der Waals surface area contributed by atoms with Gasteiger partial charge in [-0.15, -0.1) is 0 Å². The third-order valence-electron chi connectivity index (χ3n) is 3.60. The van der Waals surface area contributed by atoms with E-state index in [0.29, 0.717) is 6.61 Å². The van der Waals surface area contributed by atoms with E-state index in [1.54, 1.807) is 0 Å². The molecule has 0 amide bonds. The Bertz CT molecular complexity index is 304. The molecule has 0 aromatic carbocycles. The molecule has 0 saturated carbocycles. The summed E-state index contributed by atoms with van der Waals surface area (Å²) in [6, 6.07) is 0. The van der Waals surface area contributed by atoms with Crippen LogP contribution in [0.2, 0.25) is 0 Å². The zero-order valence-electron chi connectivity index (χ0n) is 14.0. The maximum atomic E-state index is 5.53. The Morgan fingerprint density at radius 2 is 1.90 bits per heavy atom. The van der Waals surface area contributed by atoms with Gasteiger partial charge >= 0.3 is 0 Å². The first-order chi connectivity index (χ1) is 10.2. The van der Waals surface area contributed by atoms with Crippen molar-refractivity contribution >= 4 is 6.21 Å². The molecule has 0 aromatic rings. The van der Waals surface area contributed by atoms with Crippen molar-refractivity contribution in [3.63, 3.8) is 0 Å². The van der Waals surface area contributed by atoms with Crippen LogP contribution >= 0.6 is 0 Å². The van der Waals surface area contributed by atoms with Crippen molar-refractivity contribution in [2.45, 2.75) is 58.8 Å². The van der Waals surface area contributed by atoms with Gasteiger partial charge in [0.15, 0.2) is 0 Å². The fourth-order valence-corrected chi connectivity index (χ4v) is 2.43. The molecule has 0 aliphatic carbocycles. The van der Waals surface area contributed by atoms with Crippen LogP contribution in [-0.4, -0.2) is 49.2 Å². The molecular weight excluding hydrogens is 262 g/mol. The Hall–Kier alpha value is -0.870. The number of hydrazone groups is 1. The zero-order valence-corrected chi connectivity index (χ0v) is 14.0. The van der Waals surface area contributed by atoms with Crippen LogP contribution in [0.3, 0.4) is 0 Å². The molecular formula is C17H33N3O. The van der Waals surface area contributed by atoms with Gasteiger partial charge in [0.25, 0.3) is 0 Å². The lowest BCUT2D eigenvalue weighted by Crippen LogP contribution is -2.37. The number of hydrogen-bond donors (Lipinski definition) is 0. The number of nitrogens with zero attached hydrogens (tertiary/aromatic N) is 3. The minimum absolute atomic E-state index is 0.671. The van der Waals surface area contributed by atoms with Crippen molar-refractivity contribution in [2.24, 2.45) is 5.10 Å². The summed E-state index contributed by atoms with van der Waals surface area (Å²) < 4.78 is 5.53. The van der Waals surface area contributed by atoms with Crippen molar-refractivity contribution in [2.75, 3.05) is 32.8 Å². The van der Waals surface area contributed by atoms with Gasteiger partial charge in [0.2, 0.25) is 0 Å². The van der Waals surface area contributed by atoms with Crippen LogP contribution in [0.25, 0.3) is 0 Å². The molecule has 0 N–H and O–H groups in total. The van der Waals surface area contributed by atoms with Gasteiger partial charge in [0.05, 0.1) is 19.7 Å². The van der Waals surface area contributed by atoms with Crippen LogP contribution in [0.15, 0.2) is 17.3 Å². The molecule has 0 unspecified atom stereocenters. The summed E-state index contributed by atoms with van der Waals surface area (Å²) in [6.07, 6.45) is 11.1. The highest BCUT2D eigenvalue weighted by atomic mass is 16.5. The number of hydrogen-bond acceptors (Lipinski definition) is 4. The van der Waals surface area contributed by atoms with Crippen molar-refractivity contribution < 1.29 is 4.74 Å². The summed E-state index contributed by atoms with van der Waals surface area (Å²) in [5, 5.41) is 8.89. The Morgan fingerprint density at radius 1 is 1.14 bits per heavy atom. The summed E-state index contributed by atoms with van der Waals surface area (Å²) in [5.41, 5.74) is 1.08. The molecule has 0 spiro atoms. The lowest BCUT2D eigenvalue weighted by molar-refractivity contribution is -0.000205. The van der Waals surface area contributed by atoms with Crippen LogP contribution in [0.5, 0.6) is 0 Å². The second-order valence-corrected chi connectivity index (χ2v) is 5.94. The molecule has 0 saturated heterocycles. The normalized spacial score (nSPS) is 15.0. The molecule has 0 atom stereocenters. The molecule has 1 heterocycles. The topological polar surface area (TPSA) is 28.1 Å². The van der Waals surface area contributed by atoms with Crippen LogP contribution in [0.4, 0.5) is 0 Å². The first-order valence-electron chi connectivity index (χ1n) is 8.51. The minimum Gasteiger partial charge on any atom is -0.377 e. The highest BCUT2D eigenvalue weighted by Gasteiger charge is 2.16. The summed E-state index contributed by atoms with van der Waals surface area (Å²) in [5.74, 6) is 0. The summed E-state index contributed by atoms with van der Waals surface area (Å²) >= 11 is 0. The lowest BCUT2D eigenvalue weighted by Gasteiger charge is -2.26. The first-order valence-corrected chi connectivity index (χ1v) is 8.51. The third kappa shape index (κ3) is 8.89. The van der Waals surface area contributed by atoms with Gasteiger partial charge in [-0.25, -0.2) is 5.12 Å². The van der Waals surface area contributed by atoms with Gasteiger partial charge in [-0.1, -0.05) is 51.2 Å². The predicted octanol–water partition coefficient (Wildman–Crippen LogP) is 3.85. The van der Waals surface area contributed by atoms with Crippen molar-refractivity contribution in [3.8, 4) is 0 Å². The zero-order chi connectivity index (χ0) is 15.3. The van der Waals surface area contributed by atoms with E-state index in [9.17, 15) is 0 Å². The molecule has 0 aromatic heterocycles. The van der Waals surface area contributed by atoms with Crippen molar-refractivity contribution in [3.05, 3.63) is 12.2 Å². The number of unbranched alkanes of at least 4 members (excludes halogenated alkanes) is 5. The van der Waals surface area contributed by atoms with Gasteiger partial charge < -0.3 is 4.74 Å². The average molecular weight is 295 g/mol. The summed E-state index contributed by atoms with van der Waals surface area (Å²) in [7, 11) is 0. The highest BCUT2D eigenvalue weighted by Crippen LogP contribution is 2.10. The molecule has 0 radical (unpaired) electrons. The number of hydrazine groups is 1. The van der Waals surface area contributed by atoms with E-state index in [1.807, 2.05) is 13.1 Å². The Labute approximate surface area is 130 Å². The average Bonchev–Trinajstić information content (AvgIpc) is 2.89. The Kier molecular flexibility index (Phi) is 10.2. The molecule has 1 aliphatic rings. The molecule has 1 aliphatic heterocycles. The standard InChI is InChI=1S/C17H33N3O/c1-4-5-6-7-8-9-12-19-14-11-18-20(19)13-10-15-21-16-17(2)3/h11H,2,4-10,12-16H2,1,3H3. The molecule has 0 bridgehead atoms. The van der Waals surface area contributed by atoms with Crippen molar-refractivity contribution in [1.29, 1.82) is 0 Å². The van der Waals surface area contributed by atoms with E-state index in [1.165, 1.54) is 38.5 Å². The monoisotopic (exact) mass is 295 g/mol. The maximum absolute atomic E-state index is 5.53. The minimum atomic E-state index is 0.671. The molecule has 21 heavy (non-hydrogen) atoms. The van der Waals surface area contributed by atoms with Crippen LogP contribution in [-0.2, 0) is 4.74 Å². The van der Waals surface area contributed by atoms with Crippen LogP contribution in [0, 0.1) is 0 Å². The van der Waals surface area contributed by atoms with E-state index in [2.05, 4.69) is 28.7 Å². The SMILES string of the molecule is C=C(C)COCCCN1N=CCN1CCCCCCCC. The van der Waals surface area contributed by atoms with Gasteiger partial charge in [-0.05, 0) is 19.8 Å². The van der Waals surface area contributed by atoms with E-state index in [0.717, 1.165) is 38.2 Å². The van der Waals surface area contributed by atoms with Crippen LogP contribution < -0.4 is 0 Å². The van der Waals surface area contributed by atoms with Crippen LogP contribution in [0.1, 0.15) is 58.8 Å². The molecule has 4 nitrogen and oxygen atoms in total. The molecule has 0 fully saturated rings. The summed E-state index contributed by atoms with van der Waals surface area (Å²) in [6.45, 7) is 12.6. The van der Waals surface area contributed by atoms with Crippen molar-refractivity contribution in [1.82, 2.24) is 10.1 Å². The van der Waals surface area contributed by atoms with Gasteiger partial charge in [-0.3, -0.25) is 0 Å². The van der Waals surface area contributed by atoms with Gasteiger partial charge in [0.1, 0.15) is 0 Å². The molecule has 1 rings (SSSR count). The second-order valence-electron chi connectivity index (χ2n) is 5.94. The molecule has 4 heteroatoms. The second kappa shape index (κ2) is 11.8. The fourth-order valence-electron chi connectivity index (χ4n) is 2.43. The van der Waals surface area contributed by atoms with E-state index < -0.39 is 0 Å². The molecule has 122 valence electrons. The quantitative estimate of drug-likeness (QED) is 0.381. The largest absolute Gasteiger partial charge is 0.377 e. The number of rotatable bonds is 13. The Morgan fingerprint density at radius 3 is 2.67 bits per heavy atom. The lowest BCUT2D eigenvalue weighted by atomic mass is 10.1. The third-order valence-corrected chi connectivity index (χ3v) is 3.60. The fraction of sp³-hybridized carbons (Fsp3) is 0.824. The Balaban J connectivity index is 2.02.